The molecular weight excluding hydrogens is 360 g/mol. The van der Waals surface area contributed by atoms with Crippen LogP contribution in [0.3, 0.4) is 0 Å². The van der Waals surface area contributed by atoms with Crippen LogP contribution in [0.1, 0.15) is 45.2 Å². The van der Waals surface area contributed by atoms with E-state index in [0.29, 0.717) is 6.04 Å². The van der Waals surface area contributed by atoms with E-state index in [9.17, 15) is 4.79 Å². The summed E-state index contributed by atoms with van der Waals surface area (Å²) < 4.78 is 4.90. The summed E-state index contributed by atoms with van der Waals surface area (Å²) in [4.78, 5) is 21.5. The van der Waals surface area contributed by atoms with Gasteiger partial charge in [-0.25, -0.2) is 0 Å². The third kappa shape index (κ3) is 5.94. The minimum atomic E-state index is -0.0874. The highest BCUT2D eigenvalue weighted by Gasteiger charge is 2.27. The van der Waals surface area contributed by atoms with Crippen molar-refractivity contribution >= 4 is 23.3 Å². The number of likely N-dealkylation sites (tertiary alicyclic amines) is 1. The minimum Gasteiger partial charge on any atom is -0.469 e. The van der Waals surface area contributed by atoms with Crippen molar-refractivity contribution in [3.8, 4) is 0 Å². The number of guanidine groups is 1. The first-order chi connectivity index (χ1) is 13.1. The van der Waals surface area contributed by atoms with Crippen molar-refractivity contribution in [1.82, 2.24) is 15.1 Å². The number of hydrogen-bond acceptors (Lipinski definition) is 5. The van der Waals surface area contributed by atoms with Crippen LogP contribution in [0.5, 0.6) is 0 Å². The Hall–Kier alpha value is -1.60. The molecule has 1 aliphatic rings. The summed E-state index contributed by atoms with van der Waals surface area (Å²) in [7, 11) is 1.47. The number of esters is 1. The number of carbonyl (C=O) groups is 1. The van der Waals surface area contributed by atoms with E-state index in [1.807, 2.05) is 0 Å². The van der Waals surface area contributed by atoms with Gasteiger partial charge >= 0.3 is 5.97 Å². The SMILES string of the molecule is CCNC(=NCC(c1ccsc1)N(CC)CC)N1CCC(C(=O)OC)CC1. The second-order valence-corrected chi connectivity index (χ2v) is 7.55. The molecule has 1 aromatic rings. The number of carbonyl (C=O) groups excluding carboxylic acids is 1. The van der Waals surface area contributed by atoms with Gasteiger partial charge in [-0.2, -0.15) is 11.3 Å². The van der Waals surface area contributed by atoms with Crippen LogP contribution >= 0.6 is 11.3 Å². The molecular formula is C20H34N4O2S. The molecule has 0 aromatic carbocycles. The van der Waals surface area contributed by atoms with Crippen molar-refractivity contribution in [1.29, 1.82) is 0 Å². The van der Waals surface area contributed by atoms with E-state index in [1.54, 1.807) is 11.3 Å². The van der Waals surface area contributed by atoms with Crippen LogP contribution in [0.4, 0.5) is 0 Å². The predicted octanol–water partition coefficient (Wildman–Crippen LogP) is 2.98. The lowest BCUT2D eigenvalue weighted by atomic mass is 9.97. The molecule has 1 atom stereocenters. The summed E-state index contributed by atoms with van der Waals surface area (Å²) in [5.41, 5.74) is 1.34. The van der Waals surface area contributed by atoms with Gasteiger partial charge < -0.3 is 15.0 Å². The standard InChI is InChI=1S/C20H34N4O2S/c1-5-21-20(24-11-8-16(9-12-24)19(25)26-4)22-14-18(23(6-2)7-3)17-10-13-27-15-17/h10,13,15-16,18H,5-9,11-12,14H2,1-4H3,(H,21,22). The number of rotatable bonds is 8. The third-order valence-electron chi connectivity index (χ3n) is 5.26. The van der Waals surface area contributed by atoms with Gasteiger partial charge in [-0.15, -0.1) is 0 Å². The van der Waals surface area contributed by atoms with Crippen molar-refractivity contribution in [3.63, 3.8) is 0 Å². The average Bonchev–Trinajstić information content (AvgIpc) is 3.24. The Morgan fingerprint density at radius 1 is 1.37 bits per heavy atom. The number of thiophene rings is 1. The zero-order valence-electron chi connectivity index (χ0n) is 17.1. The molecule has 27 heavy (non-hydrogen) atoms. The third-order valence-corrected chi connectivity index (χ3v) is 5.96. The van der Waals surface area contributed by atoms with Gasteiger partial charge in [0.25, 0.3) is 0 Å². The van der Waals surface area contributed by atoms with Crippen LogP contribution in [0.15, 0.2) is 21.8 Å². The average molecular weight is 395 g/mol. The molecule has 1 saturated heterocycles. The van der Waals surface area contributed by atoms with E-state index in [-0.39, 0.29) is 11.9 Å². The number of aliphatic imine (C=N–C) groups is 1. The van der Waals surface area contributed by atoms with Gasteiger partial charge in [-0.1, -0.05) is 13.8 Å². The maximum absolute atomic E-state index is 11.8. The largest absolute Gasteiger partial charge is 0.469 e. The fourth-order valence-corrected chi connectivity index (χ4v) is 4.36. The van der Waals surface area contributed by atoms with E-state index in [2.05, 4.69) is 52.7 Å². The summed E-state index contributed by atoms with van der Waals surface area (Å²) in [6.07, 6.45) is 1.64. The summed E-state index contributed by atoms with van der Waals surface area (Å²) in [5.74, 6) is 0.882. The van der Waals surface area contributed by atoms with Crippen LogP contribution < -0.4 is 5.32 Å². The number of ether oxygens (including phenoxy) is 1. The Labute approximate surface area is 167 Å². The highest BCUT2D eigenvalue weighted by Crippen LogP contribution is 2.24. The molecule has 1 N–H and O–H groups in total. The molecule has 2 heterocycles. The van der Waals surface area contributed by atoms with E-state index in [4.69, 9.17) is 9.73 Å². The molecule has 0 bridgehead atoms. The lowest BCUT2D eigenvalue weighted by molar-refractivity contribution is -0.146. The van der Waals surface area contributed by atoms with Crippen molar-refractivity contribution in [3.05, 3.63) is 22.4 Å². The van der Waals surface area contributed by atoms with Gasteiger partial charge in [0.15, 0.2) is 5.96 Å². The number of methoxy groups -OCH3 is 1. The van der Waals surface area contributed by atoms with Crippen LogP contribution in [-0.2, 0) is 9.53 Å². The highest BCUT2D eigenvalue weighted by molar-refractivity contribution is 7.07. The molecule has 0 spiro atoms. The summed E-state index contributed by atoms with van der Waals surface area (Å²) >= 11 is 1.74. The first-order valence-corrected chi connectivity index (χ1v) is 11.0. The molecule has 0 amide bonds. The molecule has 1 aliphatic heterocycles. The van der Waals surface area contributed by atoms with Crippen LogP contribution in [0, 0.1) is 5.92 Å². The molecule has 1 fully saturated rings. The zero-order valence-corrected chi connectivity index (χ0v) is 17.9. The second-order valence-electron chi connectivity index (χ2n) is 6.77. The number of nitrogens with zero attached hydrogens (tertiary/aromatic N) is 3. The van der Waals surface area contributed by atoms with E-state index in [1.165, 1.54) is 12.7 Å². The lowest BCUT2D eigenvalue weighted by Gasteiger charge is -2.34. The van der Waals surface area contributed by atoms with Crippen molar-refractivity contribution in [2.45, 2.75) is 39.7 Å². The minimum absolute atomic E-state index is 0.0170. The fourth-order valence-electron chi connectivity index (χ4n) is 3.65. The zero-order chi connectivity index (χ0) is 19.6. The van der Waals surface area contributed by atoms with Crippen molar-refractivity contribution in [2.24, 2.45) is 10.9 Å². The topological polar surface area (TPSA) is 57.2 Å². The normalized spacial score (nSPS) is 17.2. The molecule has 1 aromatic heterocycles. The summed E-state index contributed by atoms with van der Waals surface area (Å²) in [6, 6.07) is 2.50. The van der Waals surface area contributed by atoms with E-state index < -0.39 is 0 Å². The number of hydrogen-bond donors (Lipinski definition) is 1. The Morgan fingerprint density at radius 3 is 2.59 bits per heavy atom. The highest BCUT2D eigenvalue weighted by atomic mass is 32.1. The molecule has 2 rings (SSSR count). The molecule has 0 aliphatic carbocycles. The van der Waals surface area contributed by atoms with E-state index >= 15 is 0 Å². The summed E-state index contributed by atoms with van der Waals surface area (Å²) in [6.45, 7) is 11.8. The molecule has 0 radical (unpaired) electrons. The molecule has 7 heteroatoms. The van der Waals surface area contributed by atoms with Gasteiger partial charge in [0.2, 0.25) is 0 Å². The maximum atomic E-state index is 11.8. The Bertz CT molecular complexity index is 579. The maximum Gasteiger partial charge on any atom is 0.308 e. The van der Waals surface area contributed by atoms with Crippen molar-refractivity contribution < 1.29 is 9.53 Å². The first-order valence-electron chi connectivity index (χ1n) is 10.0. The number of piperidine rings is 1. The van der Waals surface area contributed by atoms with Crippen LogP contribution in [-0.4, -0.2) is 68.1 Å². The van der Waals surface area contributed by atoms with E-state index in [0.717, 1.165) is 58.1 Å². The predicted molar refractivity (Wildman–Crippen MR) is 112 cm³/mol. The van der Waals surface area contributed by atoms with Gasteiger partial charge in [-0.3, -0.25) is 14.7 Å². The Morgan fingerprint density at radius 2 is 2.07 bits per heavy atom. The van der Waals surface area contributed by atoms with Gasteiger partial charge in [0.1, 0.15) is 0 Å². The first kappa shape index (κ1) is 21.7. The molecule has 1 unspecified atom stereocenters. The fraction of sp³-hybridized carbons (Fsp3) is 0.700. The Balaban J connectivity index is 2.08. The van der Waals surface area contributed by atoms with Gasteiger partial charge in [0.05, 0.1) is 25.6 Å². The molecule has 0 saturated carbocycles. The second kappa shape index (κ2) is 11.3. The van der Waals surface area contributed by atoms with Gasteiger partial charge in [-0.05, 0) is 55.2 Å². The summed E-state index contributed by atoms with van der Waals surface area (Å²) in [5, 5.41) is 7.80. The van der Waals surface area contributed by atoms with Gasteiger partial charge in [0, 0.05) is 19.6 Å². The quantitative estimate of drug-likeness (QED) is 0.417. The number of likely N-dealkylation sites (N-methyl/N-ethyl adjacent to an activating group) is 1. The monoisotopic (exact) mass is 394 g/mol. The Kier molecular flexibility index (Phi) is 9.07. The van der Waals surface area contributed by atoms with Crippen LogP contribution in [0.2, 0.25) is 0 Å². The number of nitrogens with one attached hydrogen (secondary N) is 1. The molecule has 152 valence electrons. The van der Waals surface area contributed by atoms with Crippen LogP contribution in [0.25, 0.3) is 0 Å². The lowest BCUT2D eigenvalue weighted by Crippen LogP contribution is -2.47. The smallest absolute Gasteiger partial charge is 0.308 e. The van der Waals surface area contributed by atoms with Crippen molar-refractivity contribution in [2.75, 3.05) is 46.4 Å². The molecule has 6 nitrogen and oxygen atoms in total.